The Morgan fingerprint density at radius 1 is 1.29 bits per heavy atom. The van der Waals surface area contributed by atoms with E-state index < -0.39 is 11.5 Å². The highest BCUT2D eigenvalue weighted by atomic mass is 16.4. The number of carbonyl (C=O) groups is 1. The van der Waals surface area contributed by atoms with Gasteiger partial charge in [0.05, 0.1) is 0 Å². The maximum absolute atomic E-state index is 10.9. The molecule has 76 valence electrons. The molecule has 0 fully saturated rings. The number of hydrogen-bond acceptors (Lipinski definition) is 2. The summed E-state index contributed by atoms with van der Waals surface area (Å²) in [6.45, 7) is 5.35. The van der Waals surface area contributed by atoms with E-state index in [0.29, 0.717) is 5.56 Å². The van der Waals surface area contributed by atoms with Gasteiger partial charge in [-0.25, -0.2) is 4.79 Å². The number of carboxylic acid groups (broad SMARTS) is 1. The van der Waals surface area contributed by atoms with Crippen molar-refractivity contribution in [3.8, 4) is 0 Å². The highest BCUT2D eigenvalue weighted by Gasteiger charge is 2.30. The second-order valence-corrected chi connectivity index (χ2v) is 3.88. The third kappa shape index (κ3) is 1.93. The van der Waals surface area contributed by atoms with Gasteiger partial charge in [-0.3, -0.25) is 0 Å². The first-order valence-electron chi connectivity index (χ1n) is 4.45. The minimum Gasteiger partial charge on any atom is -0.480 e. The van der Waals surface area contributed by atoms with Crippen molar-refractivity contribution in [1.82, 2.24) is 0 Å². The van der Waals surface area contributed by atoms with Crippen LogP contribution in [0.5, 0.6) is 0 Å². The topological polar surface area (TPSA) is 63.3 Å². The Labute approximate surface area is 83.6 Å². The Hall–Kier alpha value is -1.35. The Morgan fingerprint density at radius 2 is 1.71 bits per heavy atom. The van der Waals surface area contributed by atoms with Gasteiger partial charge in [-0.15, -0.1) is 0 Å². The molecule has 3 nitrogen and oxygen atoms in total. The van der Waals surface area contributed by atoms with Gasteiger partial charge in [0.15, 0.2) is 0 Å². The smallest absolute Gasteiger partial charge is 0.328 e. The molecule has 1 rings (SSSR count). The maximum atomic E-state index is 10.9. The molecule has 3 N–H and O–H groups in total. The van der Waals surface area contributed by atoms with Crippen LogP contribution in [-0.4, -0.2) is 11.1 Å². The summed E-state index contributed by atoms with van der Waals surface area (Å²) in [5.41, 5.74) is 7.10. The fraction of sp³-hybridized carbons (Fsp3) is 0.364. The Balaban J connectivity index is 3.25. The molecule has 1 aromatic carbocycles. The van der Waals surface area contributed by atoms with E-state index >= 15 is 0 Å². The second kappa shape index (κ2) is 3.42. The van der Waals surface area contributed by atoms with Gasteiger partial charge in [0.25, 0.3) is 0 Å². The van der Waals surface area contributed by atoms with Gasteiger partial charge in [-0.2, -0.15) is 0 Å². The van der Waals surface area contributed by atoms with Crippen LogP contribution in [0.4, 0.5) is 0 Å². The lowest BCUT2D eigenvalue weighted by atomic mass is 9.91. The molecule has 0 bridgehead atoms. The van der Waals surface area contributed by atoms with E-state index in [4.69, 9.17) is 10.8 Å². The van der Waals surface area contributed by atoms with Crippen LogP contribution in [-0.2, 0) is 10.3 Å². The molecule has 0 heterocycles. The number of hydrogen-bond donors (Lipinski definition) is 2. The zero-order chi connectivity index (χ0) is 10.9. The van der Waals surface area contributed by atoms with E-state index in [9.17, 15) is 4.79 Å². The molecule has 0 radical (unpaired) electrons. The number of aryl methyl sites for hydroxylation is 2. The van der Waals surface area contributed by atoms with Gasteiger partial charge in [-0.05, 0) is 26.3 Å². The lowest BCUT2D eigenvalue weighted by molar-refractivity contribution is -0.143. The monoisotopic (exact) mass is 193 g/mol. The van der Waals surface area contributed by atoms with Crippen LogP contribution in [0.25, 0.3) is 0 Å². The molecule has 1 unspecified atom stereocenters. The molecule has 0 spiro atoms. The third-order valence-corrected chi connectivity index (χ3v) is 2.27. The van der Waals surface area contributed by atoms with Crippen LogP contribution >= 0.6 is 0 Å². The highest BCUT2D eigenvalue weighted by Crippen LogP contribution is 2.20. The second-order valence-electron chi connectivity index (χ2n) is 3.88. The Kier molecular flexibility index (Phi) is 2.62. The van der Waals surface area contributed by atoms with Crippen LogP contribution in [0.15, 0.2) is 18.2 Å². The fourth-order valence-electron chi connectivity index (χ4n) is 1.40. The maximum Gasteiger partial charge on any atom is 0.328 e. The number of benzene rings is 1. The van der Waals surface area contributed by atoms with Crippen molar-refractivity contribution in [2.75, 3.05) is 0 Å². The molecule has 0 aliphatic carbocycles. The summed E-state index contributed by atoms with van der Waals surface area (Å²) >= 11 is 0. The molecule has 14 heavy (non-hydrogen) atoms. The summed E-state index contributed by atoms with van der Waals surface area (Å²) in [6.07, 6.45) is 0. The molecule has 1 aromatic rings. The molecular formula is C11H15NO2. The van der Waals surface area contributed by atoms with Crippen LogP contribution in [0.1, 0.15) is 23.6 Å². The average molecular weight is 193 g/mol. The predicted octanol–water partition coefficient (Wildman–Crippen LogP) is 1.56. The number of aliphatic carboxylic acids is 1. The van der Waals surface area contributed by atoms with Crippen molar-refractivity contribution < 1.29 is 9.90 Å². The van der Waals surface area contributed by atoms with Crippen LogP contribution in [0.3, 0.4) is 0 Å². The molecule has 0 saturated carbocycles. The minimum atomic E-state index is -1.31. The first kappa shape index (κ1) is 10.7. The molecule has 0 aliphatic heterocycles. The van der Waals surface area contributed by atoms with Gasteiger partial charge in [0.2, 0.25) is 0 Å². The summed E-state index contributed by atoms with van der Waals surface area (Å²) in [4.78, 5) is 10.9. The lowest BCUT2D eigenvalue weighted by Gasteiger charge is -2.20. The largest absolute Gasteiger partial charge is 0.480 e. The number of nitrogens with two attached hydrogens (primary N) is 1. The van der Waals surface area contributed by atoms with E-state index in [2.05, 4.69) is 0 Å². The average Bonchev–Trinajstić information content (AvgIpc) is 2.01. The van der Waals surface area contributed by atoms with Crippen molar-refractivity contribution in [2.45, 2.75) is 26.3 Å². The minimum absolute atomic E-state index is 0.641. The van der Waals surface area contributed by atoms with Gasteiger partial charge in [-0.1, -0.05) is 29.3 Å². The van der Waals surface area contributed by atoms with Crippen molar-refractivity contribution >= 4 is 5.97 Å². The van der Waals surface area contributed by atoms with Crippen molar-refractivity contribution in [3.05, 3.63) is 34.9 Å². The molecular weight excluding hydrogens is 178 g/mol. The standard InChI is InChI=1S/C11H15NO2/c1-7-4-8(2)6-9(5-7)11(3,12)10(13)14/h4-6H,12H2,1-3H3,(H,13,14). The quantitative estimate of drug-likeness (QED) is 0.749. The van der Waals surface area contributed by atoms with E-state index in [1.807, 2.05) is 19.9 Å². The molecule has 1 atom stereocenters. The first-order chi connectivity index (χ1) is 6.34. The predicted molar refractivity (Wildman–Crippen MR) is 55.1 cm³/mol. The normalized spacial score (nSPS) is 14.9. The molecule has 0 saturated heterocycles. The molecule has 3 heteroatoms. The summed E-state index contributed by atoms with van der Waals surface area (Å²) < 4.78 is 0. The molecule has 0 aromatic heterocycles. The van der Waals surface area contributed by atoms with E-state index in [-0.39, 0.29) is 0 Å². The number of carboxylic acids is 1. The van der Waals surface area contributed by atoms with Crippen molar-refractivity contribution in [3.63, 3.8) is 0 Å². The fourth-order valence-corrected chi connectivity index (χ4v) is 1.40. The van der Waals surface area contributed by atoms with Crippen LogP contribution < -0.4 is 5.73 Å². The van der Waals surface area contributed by atoms with Crippen molar-refractivity contribution in [2.24, 2.45) is 5.73 Å². The zero-order valence-corrected chi connectivity index (χ0v) is 8.66. The number of rotatable bonds is 2. The van der Waals surface area contributed by atoms with E-state index in [1.165, 1.54) is 6.92 Å². The molecule has 0 aliphatic rings. The zero-order valence-electron chi connectivity index (χ0n) is 8.66. The first-order valence-corrected chi connectivity index (χ1v) is 4.45. The molecule has 0 amide bonds. The summed E-state index contributed by atoms with van der Waals surface area (Å²) in [5, 5.41) is 8.95. The lowest BCUT2D eigenvalue weighted by Crippen LogP contribution is -2.41. The summed E-state index contributed by atoms with van der Waals surface area (Å²) in [6, 6.07) is 5.60. The van der Waals surface area contributed by atoms with Crippen LogP contribution in [0, 0.1) is 13.8 Å². The van der Waals surface area contributed by atoms with Crippen LogP contribution in [0.2, 0.25) is 0 Å². The van der Waals surface area contributed by atoms with Gasteiger partial charge >= 0.3 is 5.97 Å². The van der Waals surface area contributed by atoms with Gasteiger partial charge in [0, 0.05) is 0 Å². The van der Waals surface area contributed by atoms with Gasteiger partial charge < -0.3 is 10.8 Å². The Bertz CT molecular complexity index is 349. The SMILES string of the molecule is Cc1cc(C)cc(C(C)(N)C(=O)O)c1. The summed E-state index contributed by atoms with van der Waals surface area (Å²) in [7, 11) is 0. The van der Waals surface area contributed by atoms with E-state index in [1.54, 1.807) is 12.1 Å². The van der Waals surface area contributed by atoms with E-state index in [0.717, 1.165) is 11.1 Å². The Morgan fingerprint density at radius 3 is 2.07 bits per heavy atom. The van der Waals surface area contributed by atoms with Crippen molar-refractivity contribution in [1.29, 1.82) is 0 Å². The summed E-state index contributed by atoms with van der Waals surface area (Å²) in [5.74, 6) is -1.01. The van der Waals surface area contributed by atoms with Gasteiger partial charge in [0.1, 0.15) is 5.54 Å². The third-order valence-electron chi connectivity index (χ3n) is 2.27. The highest BCUT2D eigenvalue weighted by molar-refractivity contribution is 5.80.